The molecule has 0 radical (unpaired) electrons. The summed E-state index contributed by atoms with van der Waals surface area (Å²) in [6.45, 7) is 10.9. The fraction of sp³-hybridized carbons (Fsp3) is 0.603. The highest BCUT2D eigenvalue weighted by atomic mass is 16.4. The van der Waals surface area contributed by atoms with Crippen molar-refractivity contribution in [1.29, 1.82) is 0 Å². The highest BCUT2D eigenvalue weighted by molar-refractivity contribution is 6.01. The number of nitrogens with two attached hydrogens (primary N) is 3. The van der Waals surface area contributed by atoms with E-state index in [4.69, 9.17) is 27.4 Å². The quantitative estimate of drug-likeness (QED) is 0.0239. The van der Waals surface area contributed by atoms with Gasteiger partial charge in [-0.3, -0.25) is 81.5 Å². The lowest BCUT2D eigenvalue weighted by molar-refractivity contribution is -0.144. The van der Waals surface area contributed by atoms with Crippen molar-refractivity contribution in [2.24, 2.45) is 35.0 Å². The molecule has 116 heavy (non-hydrogen) atoms. The number of H-pyrrole nitrogens is 2. The molecule has 14 atom stereocenters. The Morgan fingerprint density at radius 2 is 0.767 bits per heavy atom. The van der Waals surface area contributed by atoms with Crippen LogP contribution >= 0.6 is 0 Å². The lowest BCUT2D eigenvalue weighted by Gasteiger charge is -2.30. The normalized spacial score (nSPS) is 14.9. The van der Waals surface area contributed by atoms with Crippen LogP contribution in [0.1, 0.15) is 162 Å². The van der Waals surface area contributed by atoms with Gasteiger partial charge in [0.2, 0.25) is 70.9 Å². The summed E-state index contributed by atoms with van der Waals surface area (Å²) >= 11 is 0. The Kier molecular flexibility index (Phi) is 42.3. The monoisotopic (exact) mass is 1640 g/mol. The molecule has 12 amide bonds. The number of benzene rings is 1. The van der Waals surface area contributed by atoms with Gasteiger partial charge >= 0.3 is 35.8 Å². The Morgan fingerprint density at radius 3 is 1.20 bits per heavy atom. The molecule has 644 valence electrons. The first kappa shape index (κ1) is 98.5. The van der Waals surface area contributed by atoms with Crippen molar-refractivity contribution in [3.8, 4) is 0 Å². The number of para-hydroxylation sites is 1. The van der Waals surface area contributed by atoms with E-state index in [1.807, 2.05) is 0 Å². The molecule has 2 heterocycles. The molecule has 43 heteroatoms. The van der Waals surface area contributed by atoms with Gasteiger partial charge in [-0.15, -0.1) is 0 Å². The summed E-state index contributed by atoms with van der Waals surface area (Å²) in [7, 11) is 0. The van der Waals surface area contributed by atoms with Gasteiger partial charge in [-0.1, -0.05) is 59.7 Å². The second kappa shape index (κ2) is 49.8. The van der Waals surface area contributed by atoms with Crippen molar-refractivity contribution in [1.82, 2.24) is 78.8 Å². The minimum atomic E-state index is -2.02. The molecule has 3 aromatic rings. The van der Waals surface area contributed by atoms with Crippen molar-refractivity contribution in [2.75, 3.05) is 13.1 Å². The van der Waals surface area contributed by atoms with E-state index in [0.717, 1.165) is 6.92 Å². The van der Waals surface area contributed by atoms with Crippen LogP contribution in [-0.2, 0) is 99.1 Å². The number of hydrogen-bond acceptors (Lipinski definition) is 23. The third kappa shape index (κ3) is 35.3. The van der Waals surface area contributed by atoms with E-state index in [1.54, 1.807) is 58.2 Å². The summed E-state index contributed by atoms with van der Waals surface area (Å²) in [5.41, 5.74) is 18.5. The molecule has 0 saturated carbocycles. The molecular weight excluding hydrogens is 1530 g/mol. The van der Waals surface area contributed by atoms with Gasteiger partial charge in [-0.25, -0.2) is 9.78 Å². The summed E-state index contributed by atoms with van der Waals surface area (Å²) < 4.78 is 0. The lowest BCUT2D eigenvalue weighted by Crippen LogP contribution is -2.63. The number of carboxylic acids is 6. The maximum absolute atomic E-state index is 15.1. The number of aromatic nitrogens is 3. The van der Waals surface area contributed by atoms with E-state index < -0.39 is 255 Å². The summed E-state index contributed by atoms with van der Waals surface area (Å²) in [6.07, 6.45) is -4.30. The van der Waals surface area contributed by atoms with E-state index >= 15 is 4.79 Å². The van der Waals surface area contributed by atoms with Crippen molar-refractivity contribution in [2.45, 2.75) is 249 Å². The first-order chi connectivity index (χ1) is 54.5. The number of nitrogens with zero attached hydrogens (tertiary/aromatic N) is 1. The van der Waals surface area contributed by atoms with E-state index in [9.17, 15) is 107 Å². The molecule has 0 bridgehead atoms. The Labute approximate surface area is 667 Å². The number of aromatic amines is 2. The number of rotatable bonds is 56. The molecule has 1 aromatic carbocycles. The number of amides is 12. The predicted octanol–water partition coefficient (Wildman–Crippen LogP) is -4.16. The third-order valence-electron chi connectivity index (χ3n) is 18.1. The van der Waals surface area contributed by atoms with Crippen LogP contribution in [-0.4, -0.2) is 255 Å². The average Bonchev–Trinajstić information content (AvgIpc) is 1.71. The summed E-state index contributed by atoms with van der Waals surface area (Å²) in [6, 6.07) is -15.3. The number of unbranched alkanes of at least 4 members (excludes halogenated alkanes) is 2. The molecule has 0 aliphatic heterocycles. The van der Waals surface area contributed by atoms with Gasteiger partial charge < -0.3 is 127 Å². The molecule has 0 unspecified atom stereocenters. The second-order valence-corrected chi connectivity index (χ2v) is 29.2. The SMILES string of the molecule is CC(C)C[C@H](NC(=O)[C@H](Cc1cnc[nH]1)NC(=O)[C@H](Cc1c[nH]c2ccccc12)NC(=O)[C@@H](NC(=O)[C@@H](NC(=O)[C@H](CCC(=O)O)NC(=O)[C@H](CCCCN)NC(=O)[C@H](CCCCN)NC(=O)[C@H](CC(=O)O)NC(=O)[C@H](CC(C)C)NC(=O)[C@@H](N)CC(=O)O)[C@@H](C)O)C(C)C)C(=O)N[C@@H](CCC(=O)O)C(=O)N[C@@H](CCC(=O)O)C(=O)O. The van der Waals surface area contributed by atoms with Gasteiger partial charge in [-0.05, 0) is 120 Å². The van der Waals surface area contributed by atoms with Gasteiger partial charge in [0.05, 0.1) is 31.3 Å². The molecule has 27 N–H and O–H groups in total. The van der Waals surface area contributed by atoms with Crippen LogP contribution in [0.2, 0.25) is 0 Å². The number of carbonyl (C=O) groups is 18. The molecule has 0 aliphatic rings. The molecular formula is C73H112N18O25. The molecule has 43 nitrogen and oxygen atoms in total. The van der Waals surface area contributed by atoms with Crippen molar-refractivity contribution < 1.29 is 122 Å². The maximum atomic E-state index is 15.1. The number of aliphatic hydroxyl groups is 1. The van der Waals surface area contributed by atoms with Crippen LogP contribution in [0.15, 0.2) is 43.0 Å². The first-order valence-electron chi connectivity index (χ1n) is 37.9. The molecule has 0 fully saturated rings. The number of imidazole rings is 1. The molecule has 3 rings (SSSR count). The molecule has 0 saturated heterocycles. The van der Waals surface area contributed by atoms with Crippen LogP contribution in [0.4, 0.5) is 0 Å². The minimum absolute atomic E-state index is 0.0821. The zero-order chi connectivity index (χ0) is 87.2. The number of nitrogens with one attached hydrogen (secondary N) is 14. The standard InChI is InChI=1S/C73H112N18O25/c1-35(2)26-49(85-61(103)42(76)30-57(99)100)67(109)88-53(31-58(101)102)70(112)81-45(17-11-13-25-75)62(104)80-44(16-10-12-24-74)63(105)82-47(19-22-55(95)96)65(107)91-60(38(7)92)72(114)90-59(37(5)6)71(113)89-51(28-39-32-78-43-15-9-8-14-41(39)43)68(110)87-52(29-40-33-77-34-79-40)69(111)86-50(27-36(3)4)66(108)83-46(18-21-54(93)94)64(106)84-48(73(115)116)20-23-56(97)98/h8-9,14-15,32-38,42,44-53,59-60,78,92H,10-13,16-31,74-76H2,1-7H3,(H,77,79)(H,80,104)(H,81,112)(H,82,105)(H,83,108)(H,84,106)(H,85,103)(H,86,111)(H,87,110)(H,88,109)(H,89,113)(H,90,114)(H,91,107)(H,93,94)(H,95,96)(H,97,98)(H,99,100)(H,101,102)(H,115,116)/t38-,42+,44+,45+,46+,47+,48+,49+,50+,51+,52+,53+,59+,60+/m1/s1. The summed E-state index contributed by atoms with van der Waals surface area (Å²) in [5, 5.41) is 98.1. The molecule has 2 aromatic heterocycles. The van der Waals surface area contributed by atoms with Crippen LogP contribution in [0, 0.1) is 17.8 Å². The van der Waals surface area contributed by atoms with E-state index in [-0.39, 0.29) is 88.9 Å². The maximum Gasteiger partial charge on any atom is 0.326 e. The van der Waals surface area contributed by atoms with Gasteiger partial charge in [-0.2, -0.15) is 0 Å². The zero-order valence-electron chi connectivity index (χ0n) is 65.7. The Hall–Kier alpha value is -11.7. The zero-order valence-corrected chi connectivity index (χ0v) is 65.7. The summed E-state index contributed by atoms with van der Waals surface area (Å²) in [4.78, 5) is 251. The second-order valence-electron chi connectivity index (χ2n) is 29.2. The Bertz CT molecular complexity index is 3870. The Morgan fingerprint density at radius 1 is 0.397 bits per heavy atom. The van der Waals surface area contributed by atoms with E-state index in [0.29, 0.717) is 16.5 Å². The highest BCUT2D eigenvalue weighted by Crippen LogP contribution is 2.21. The average molecular weight is 1640 g/mol. The Balaban J connectivity index is 2.03. The smallest absolute Gasteiger partial charge is 0.326 e. The van der Waals surface area contributed by atoms with Gasteiger partial charge in [0.15, 0.2) is 0 Å². The minimum Gasteiger partial charge on any atom is -0.481 e. The van der Waals surface area contributed by atoms with Crippen molar-refractivity contribution in [3.63, 3.8) is 0 Å². The highest BCUT2D eigenvalue weighted by Gasteiger charge is 2.40. The van der Waals surface area contributed by atoms with Crippen LogP contribution in [0.5, 0.6) is 0 Å². The van der Waals surface area contributed by atoms with Crippen LogP contribution in [0.25, 0.3) is 10.9 Å². The number of aliphatic hydroxyl groups excluding tert-OH is 1. The van der Waals surface area contributed by atoms with Gasteiger partial charge in [0, 0.05) is 61.1 Å². The van der Waals surface area contributed by atoms with E-state index in [1.165, 1.54) is 26.4 Å². The number of carbonyl (C=O) groups excluding carboxylic acids is 12. The topological polar surface area (TPSA) is 716 Å². The molecule has 0 spiro atoms. The van der Waals surface area contributed by atoms with Gasteiger partial charge in [0.25, 0.3) is 0 Å². The number of aliphatic carboxylic acids is 6. The largest absolute Gasteiger partial charge is 0.481 e. The number of hydrogen-bond donors (Lipinski definition) is 24. The first-order valence-corrected chi connectivity index (χ1v) is 37.9. The lowest BCUT2D eigenvalue weighted by atomic mass is 9.99. The van der Waals surface area contributed by atoms with Crippen LogP contribution in [0.3, 0.4) is 0 Å². The number of fused-ring (bicyclic) bond motifs is 1. The fourth-order valence-electron chi connectivity index (χ4n) is 11.9. The molecule has 0 aliphatic carbocycles. The van der Waals surface area contributed by atoms with Crippen molar-refractivity contribution >= 4 is 118 Å². The predicted molar refractivity (Wildman–Crippen MR) is 409 cm³/mol. The number of carboxylic acid groups (broad SMARTS) is 6. The summed E-state index contributed by atoms with van der Waals surface area (Å²) in [5.74, 6) is -24.0. The third-order valence-corrected chi connectivity index (χ3v) is 18.1. The van der Waals surface area contributed by atoms with Crippen LogP contribution < -0.4 is 81.0 Å². The van der Waals surface area contributed by atoms with Gasteiger partial charge in [0.1, 0.15) is 72.5 Å². The fourth-order valence-corrected chi connectivity index (χ4v) is 11.9. The van der Waals surface area contributed by atoms with Crippen molar-refractivity contribution in [3.05, 3.63) is 54.2 Å². The van der Waals surface area contributed by atoms with E-state index in [2.05, 4.69) is 78.8 Å².